The first-order valence-electron chi connectivity index (χ1n) is 8.13. The van der Waals surface area contributed by atoms with E-state index in [1.54, 1.807) is 0 Å². The van der Waals surface area contributed by atoms with Gasteiger partial charge in [-0.15, -0.1) is 0 Å². The van der Waals surface area contributed by atoms with Crippen molar-refractivity contribution >= 4 is 17.7 Å². The number of nitrogens with one attached hydrogen (secondary N) is 2. The van der Waals surface area contributed by atoms with E-state index in [4.69, 9.17) is 0 Å². The highest BCUT2D eigenvalue weighted by atomic mass is 32.2. The highest BCUT2D eigenvalue weighted by Crippen LogP contribution is 2.19. The molecule has 0 amide bonds. The highest BCUT2D eigenvalue weighted by molar-refractivity contribution is 7.99. The molecule has 0 aromatic heterocycles. The molecule has 0 aliphatic carbocycles. The van der Waals surface area contributed by atoms with Gasteiger partial charge in [0.25, 0.3) is 0 Å². The van der Waals surface area contributed by atoms with Crippen LogP contribution in [0.5, 0.6) is 0 Å². The van der Waals surface area contributed by atoms with E-state index >= 15 is 0 Å². The molecule has 0 aliphatic rings. The molecule has 0 aromatic rings. The Bertz CT molecular complexity index is 288. The summed E-state index contributed by atoms with van der Waals surface area (Å²) in [6.07, 6.45) is 4.54. The molecule has 4 nitrogen and oxygen atoms in total. The zero-order chi connectivity index (χ0) is 16.3. The standard InChI is InChI=1S/C16H36N4S/c1-8-20(9-2)12-10-11-14(3)19-15(17-6)18-13-16(4,5)21-7/h14H,8-13H2,1-7H3,(H2,17,18,19). The molecule has 0 aromatic carbocycles. The normalized spacial score (nSPS) is 14.4. The summed E-state index contributed by atoms with van der Waals surface area (Å²) in [5, 5.41) is 6.90. The number of hydrogen-bond donors (Lipinski definition) is 2. The largest absolute Gasteiger partial charge is 0.355 e. The quantitative estimate of drug-likeness (QED) is 0.480. The van der Waals surface area contributed by atoms with Gasteiger partial charge in [0.15, 0.2) is 5.96 Å². The minimum atomic E-state index is 0.226. The maximum absolute atomic E-state index is 4.32. The fraction of sp³-hybridized carbons (Fsp3) is 0.938. The van der Waals surface area contributed by atoms with Gasteiger partial charge in [0, 0.05) is 24.4 Å². The first kappa shape index (κ1) is 20.6. The third kappa shape index (κ3) is 10.0. The third-order valence-corrected chi connectivity index (χ3v) is 5.10. The topological polar surface area (TPSA) is 39.7 Å². The Hall–Kier alpha value is -0.420. The SMILES string of the molecule is CCN(CC)CCCC(C)NC(=NC)NCC(C)(C)SC. The summed E-state index contributed by atoms with van der Waals surface area (Å²) in [6, 6.07) is 0.448. The number of aliphatic imine (C=N–C) groups is 1. The van der Waals surface area contributed by atoms with Gasteiger partial charge in [0.1, 0.15) is 0 Å². The fourth-order valence-corrected chi connectivity index (χ4v) is 2.25. The number of rotatable bonds is 10. The predicted octanol–water partition coefficient (Wildman–Crippen LogP) is 2.80. The van der Waals surface area contributed by atoms with E-state index in [0.29, 0.717) is 6.04 Å². The maximum Gasteiger partial charge on any atom is 0.191 e. The van der Waals surface area contributed by atoms with Crippen LogP contribution in [0.1, 0.15) is 47.5 Å². The second-order valence-electron chi connectivity index (χ2n) is 6.10. The number of thioether (sulfide) groups is 1. The van der Waals surface area contributed by atoms with E-state index in [1.165, 1.54) is 19.4 Å². The number of guanidine groups is 1. The van der Waals surface area contributed by atoms with Crippen LogP contribution in [-0.2, 0) is 0 Å². The average Bonchev–Trinajstić information content (AvgIpc) is 2.48. The number of hydrogen-bond acceptors (Lipinski definition) is 3. The minimum absolute atomic E-state index is 0.226. The second kappa shape index (κ2) is 11.2. The summed E-state index contributed by atoms with van der Waals surface area (Å²) in [6.45, 7) is 15.6. The van der Waals surface area contributed by atoms with Crippen molar-refractivity contribution < 1.29 is 0 Å². The zero-order valence-corrected chi connectivity index (χ0v) is 15.9. The van der Waals surface area contributed by atoms with Crippen molar-refractivity contribution in [3.05, 3.63) is 0 Å². The van der Waals surface area contributed by atoms with Crippen molar-refractivity contribution in [2.75, 3.05) is 39.5 Å². The molecule has 2 N–H and O–H groups in total. The Labute approximate surface area is 136 Å². The predicted molar refractivity (Wildman–Crippen MR) is 98.6 cm³/mol. The molecule has 0 rings (SSSR count). The van der Waals surface area contributed by atoms with Crippen LogP contribution >= 0.6 is 11.8 Å². The van der Waals surface area contributed by atoms with Gasteiger partial charge in [0.05, 0.1) is 0 Å². The van der Waals surface area contributed by atoms with Crippen molar-refractivity contribution in [3.8, 4) is 0 Å². The van der Waals surface area contributed by atoms with Crippen LogP contribution in [0.2, 0.25) is 0 Å². The molecule has 5 heteroatoms. The van der Waals surface area contributed by atoms with Crippen LogP contribution < -0.4 is 10.6 Å². The van der Waals surface area contributed by atoms with Gasteiger partial charge in [-0.05, 0) is 59.5 Å². The van der Waals surface area contributed by atoms with Crippen molar-refractivity contribution in [3.63, 3.8) is 0 Å². The van der Waals surface area contributed by atoms with Crippen molar-refractivity contribution in [1.29, 1.82) is 0 Å². The summed E-state index contributed by atoms with van der Waals surface area (Å²) in [7, 11) is 1.84. The molecule has 0 saturated heterocycles. The van der Waals surface area contributed by atoms with Crippen LogP contribution in [0.15, 0.2) is 4.99 Å². The average molecular weight is 317 g/mol. The zero-order valence-electron chi connectivity index (χ0n) is 15.1. The lowest BCUT2D eigenvalue weighted by molar-refractivity contribution is 0.292. The molecule has 0 saturated carbocycles. The van der Waals surface area contributed by atoms with Crippen LogP contribution in [0.4, 0.5) is 0 Å². The van der Waals surface area contributed by atoms with E-state index in [-0.39, 0.29) is 4.75 Å². The molecular weight excluding hydrogens is 280 g/mol. The molecule has 126 valence electrons. The van der Waals surface area contributed by atoms with E-state index in [0.717, 1.165) is 25.6 Å². The first-order valence-corrected chi connectivity index (χ1v) is 9.35. The van der Waals surface area contributed by atoms with Gasteiger partial charge in [-0.25, -0.2) is 0 Å². The molecule has 0 bridgehead atoms. The third-order valence-electron chi connectivity index (χ3n) is 3.85. The summed E-state index contributed by atoms with van der Waals surface area (Å²) >= 11 is 1.87. The minimum Gasteiger partial charge on any atom is -0.355 e. The van der Waals surface area contributed by atoms with E-state index in [1.807, 2.05) is 18.8 Å². The Morgan fingerprint density at radius 1 is 1.29 bits per heavy atom. The lowest BCUT2D eigenvalue weighted by atomic mass is 10.1. The summed E-state index contributed by atoms with van der Waals surface area (Å²) in [5.41, 5.74) is 0. The van der Waals surface area contributed by atoms with Gasteiger partial charge in [-0.1, -0.05) is 13.8 Å². The smallest absolute Gasteiger partial charge is 0.191 e. The van der Waals surface area contributed by atoms with Crippen LogP contribution in [-0.4, -0.2) is 61.1 Å². The van der Waals surface area contributed by atoms with Crippen LogP contribution in [0, 0.1) is 0 Å². The van der Waals surface area contributed by atoms with E-state index in [2.05, 4.69) is 61.4 Å². The Morgan fingerprint density at radius 3 is 2.38 bits per heavy atom. The van der Waals surface area contributed by atoms with Crippen LogP contribution in [0.3, 0.4) is 0 Å². The monoisotopic (exact) mass is 316 g/mol. The van der Waals surface area contributed by atoms with Gasteiger partial charge < -0.3 is 15.5 Å². The first-order chi connectivity index (χ1) is 9.88. The van der Waals surface area contributed by atoms with Crippen molar-refractivity contribution in [2.24, 2.45) is 4.99 Å². The van der Waals surface area contributed by atoms with Gasteiger partial charge in [-0.3, -0.25) is 4.99 Å². The molecule has 0 spiro atoms. The Morgan fingerprint density at radius 2 is 1.90 bits per heavy atom. The molecule has 21 heavy (non-hydrogen) atoms. The Balaban J connectivity index is 4.02. The molecule has 0 fully saturated rings. The molecule has 1 atom stereocenters. The van der Waals surface area contributed by atoms with Crippen molar-refractivity contribution in [1.82, 2.24) is 15.5 Å². The summed E-state index contributed by atoms with van der Waals surface area (Å²) < 4.78 is 0.226. The molecule has 0 radical (unpaired) electrons. The Kier molecular flexibility index (Phi) is 11.0. The van der Waals surface area contributed by atoms with Crippen LogP contribution in [0.25, 0.3) is 0 Å². The molecular formula is C16H36N4S. The highest BCUT2D eigenvalue weighted by Gasteiger charge is 2.16. The molecule has 1 unspecified atom stereocenters. The molecule has 0 aliphatic heterocycles. The van der Waals surface area contributed by atoms with Gasteiger partial charge in [0.2, 0.25) is 0 Å². The van der Waals surface area contributed by atoms with Gasteiger partial charge in [-0.2, -0.15) is 11.8 Å². The molecule has 0 heterocycles. The maximum atomic E-state index is 4.32. The number of nitrogens with zero attached hydrogens (tertiary/aromatic N) is 2. The summed E-state index contributed by atoms with van der Waals surface area (Å²) in [4.78, 5) is 6.79. The van der Waals surface area contributed by atoms with Crippen molar-refractivity contribution in [2.45, 2.75) is 58.2 Å². The second-order valence-corrected chi connectivity index (χ2v) is 7.62. The van der Waals surface area contributed by atoms with E-state index in [9.17, 15) is 0 Å². The fourth-order valence-electron chi connectivity index (χ4n) is 2.03. The lowest BCUT2D eigenvalue weighted by Gasteiger charge is -2.25. The lowest BCUT2D eigenvalue weighted by Crippen LogP contribution is -2.46. The summed E-state index contributed by atoms with van der Waals surface area (Å²) in [5.74, 6) is 0.910. The van der Waals surface area contributed by atoms with E-state index < -0.39 is 0 Å². The van der Waals surface area contributed by atoms with Gasteiger partial charge >= 0.3 is 0 Å².